The van der Waals surface area contributed by atoms with E-state index in [2.05, 4.69) is 5.32 Å². The zero-order chi connectivity index (χ0) is 14.5. The average Bonchev–Trinajstić information content (AvgIpc) is 2.13. The summed E-state index contributed by atoms with van der Waals surface area (Å²) in [5.74, 6) is -0.433. The Morgan fingerprint density at radius 2 is 1.72 bits per heavy atom. The van der Waals surface area contributed by atoms with E-state index >= 15 is 0 Å². The number of esters is 1. The van der Waals surface area contributed by atoms with Gasteiger partial charge in [-0.05, 0) is 40.0 Å². The van der Waals surface area contributed by atoms with E-state index in [0.717, 1.165) is 0 Å². The zero-order valence-electron chi connectivity index (χ0n) is 12.2. The number of hydrogen-bond acceptors (Lipinski definition) is 4. The summed E-state index contributed by atoms with van der Waals surface area (Å²) < 4.78 is 5.17. The van der Waals surface area contributed by atoms with Crippen LogP contribution >= 0.6 is 0 Å². The van der Waals surface area contributed by atoms with Crippen molar-refractivity contribution >= 4 is 11.9 Å². The Hall–Kier alpha value is -1.10. The summed E-state index contributed by atoms with van der Waals surface area (Å²) in [4.78, 5) is 23.4. The standard InChI is InChI=1S/C13H26N2O3/c1-8(2)7-10(14)11(16)15-9(3)12(17)18-13(4,5)6/h8-10H,7,14H2,1-6H3,(H,15,16)/t9-,10-/m0/s1. The fourth-order valence-electron chi connectivity index (χ4n) is 1.38. The van der Waals surface area contributed by atoms with Crippen LogP contribution in [0.3, 0.4) is 0 Å². The van der Waals surface area contributed by atoms with Crippen LogP contribution in [-0.4, -0.2) is 29.6 Å². The lowest BCUT2D eigenvalue weighted by Crippen LogP contribution is -2.49. The SMILES string of the molecule is CC(C)C[C@H](N)C(=O)N[C@@H](C)C(=O)OC(C)(C)C. The van der Waals surface area contributed by atoms with Crippen molar-refractivity contribution in [2.75, 3.05) is 0 Å². The average molecular weight is 258 g/mol. The molecule has 0 radical (unpaired) electrons. The van der Waals surface area contributed by atoms with Gasteiger partial charge in [0.15, 0.2) is 0 Å². The summed E-state index contributed by atoms with van der Waals surface area (Å²) >= 11 is 0. The summed E-state index contributed by atoms with van der Waals surface area (Å²) in [7, 11) is 0. The number of hydrogen-bond donors (Lipinski definition) is 2. The van der Waals surface area contributed by atoms with Gasteiger partial charge in [0.2, 0.25) is 5.91 Å². The van der Waals surface area contributed by atoms with Gasteiger partial charge in [-0.3, -0.25) is 4.79 Å². The van der Waals surface area contributed by atoms with Gasteiger partial charge in [0, 0.05) is 0 Å². The third kappa shape index (κ3) is 7.27. The molecule has 2 atom stereocenters. The Morgan fingerprint density at radius 3 is 2.11 bits per heavy atom. The van der Waals surface area contributed by atoms with E-state index < -0.39 is 23.7 Å². The molecule has 0 aliphatic carbocycles. The summed E-state index contributed by atoms with van der Waals surface area (Å²) in [5.41, 5.74) is 5.17. The van der Waals surface area contributed by atoms with E-state index in [9.17, 15) is 9.59 Å². The summed E-state index contributed by atoms with van der Waals surface area (Å²) in [5, 5.41) is 2.57. The second-order valence-corrected chi connectivity index (χ2v) is 6.00. The van der Waals surface area contributed by atoms with Gasteiger partial charge >= 0.3 is 5.97 Å². The predicted octanol–water partition coefficient (Wildman–Crippen LogP) is 1.21. The Morgan fingerprint density at radius 1 is 1.22 bits per heavy atom. The van der Waals surface area contributed by atoms with Crippen molar-refractivity contribution in [2.45, 2.75) is 65.6 Å². The first-order chi connectivity index (χ1) is 8.03. The molecule has 0 spiro atoms. The number of ether oxygens (including phenoxy) is 1. The molecule has 0 heterocycles. The van der Waals surface area contributed by atoms with Crippen LogP contribution in [0.1, 0.15) is 48.0 Å². The molecular formula is C13H26N2O3. The Balaban J connectivity index is 4.26. The molecule has 5 nitrogen and oxygen atoms in total. The van der Waals surface area contributed by atoms with Gasteiger partial charge in [-0.1, -0.05) is 13.8 Å². The number of rotatable bonds is 5. The Kier molecular flexibility index (Phi) is 6.32. The minimum absolute atomic E-state index is 0.318. The van der Waals surface area contributed by atoms with Crippen LogP contribution in [0.2, 0.25) is 0 Å². The van der Waals surface area contributed by atoms with E-state index in [1.54, 1.807) is 27.7 Å². The largest absolute Gasteiger partial charge is 0.458 e. The van der Waals surface area contributed by atoms with Crippen LogP contribution in [0.5, 0.6) is 0 Å². The summed E-state index contributed by atoms with van der Waals surface area (Å²) in [6, 6.07) is -1.27. The van der Waals surface area contributed by atoms with E-state index in [1.165, 1.54) is 0 Å². The van der Waals surface area contributed by atoms with Crippen LogP contribution in [0.25, 0.3) is 0 Å². The van der Waals surface area contributed by atoms with Gasteiger partial charge in [-0.2, -0.15) is 0 Å². The molecule has 0 aromatic carbocycles. The molecule has 0 unspecified atom stereocenters. The quantitative estimate of drug-likeness (QED) is 0.726. The smallest absolute Gasteiger partial charge is 0.328 e. The highest BCUT2D eigenvalue weighted by molar-refractivity contribution is 5.87. The topological polar surface area (TPSA) is 81.4 Å². The zero-order valence-corrected chi connectivity index (χ0v) is 12.2. The number of nitrogens with two attached hydrogens (primary N) is 1. The van der Waals surface area contributed by atoms with Crippen LogP contribution in [0, 0.1) is 5.92 Å². The number of carbonyl (C=O) groups is 2. The van der Waals surface area contributed by atoms with Crippen LogP contribution in [0.4, 0.5) is 0 Å². The second-order valence-electron chi connectivity index (χ2n) is 6.00. The number of carbonyl (C=O) groups excluding carboxylic acids is 2. The van der Waals surface area contributed by atoms with Crippen molar-refractivity contribution < 1.29 is 14.3 Å². The summed E-state index contributed by atoms with van der Waals surface area (Å²) in [6.07, 6.45) is 0.590. The molecule has 0 aliphatic heterocycles. The van der Waals surface area contributed by atoms with Crippen molar-refractivity contribution in [2.24, 2.45) is 11.7 Å². The molecule has 0 fully saturated rings. The molecular weight excluding hydrogens is 232 g/mol. The molecule has 18 heavy (non-hydrogen) atoms. The third-order valence-corrected chi connectivity index (χ3v) is 2.18. The van der Waals surface area contributed by atoms with E-state index in [-0.39, 0.29) is 5.91 Å². The molecule has 0 saturated heterocycles. The van der Waals surface area contributed by atoms with Gasteiger partial charge in [0.1, 0.15) is 11.6 Å². The van der Waals surface area contributed by atoms with Crippen molar-refractivity contribution in [3.63, 3.8) is 0 Å². The first kappa shape index (κ1) is 16.9. The lowest BCUT2D eigenvalue weighted by Gasteiger charge is -2.23. The van der Waals surface area contributed by atoms with Crippen LogP contribution in [-0.2, 0) is 14.3 Å². The van der Waals surface area contributed by atoms with Gasteiger partial charge in [-0.25, -0.2) is 4.79 Å². The highest BCUT2D eigenvalue weighted by atomic mass is 16.6. The number of amides is 1. The molecule has 1 amide bonds. The third-order valence-electron chi connectivity index (χ3n) is 2.18. The fraction of sp³-hybridized carbons (Fsp3) is 0.846. The molecule has 0 aromatic rings. The van der Waals surface area contributed by atoms with Gasteiger partial charge in [0.05, 0.1) is 6.04 Å². The van der Waals surface area contributed by atoms with E-state index in [4.69, 9.17) is 10.5 Å². The van der Waals surface area contributed by atoms with Crippen molar-refractivity contribution in [3.8, 4) is 0 Å². The number of nitrogens with one attached hydrogen (secondary N) is 1. The van der Waals surface area contributed by atoms with E-state index in [1.807, 2.05) is 13.8 Å². The minimum atomic E-state index is -0.685. The first-order valence-electron chi connectivity index (χ1n) is 6.31. The molecule has 0 bridgehead atoms. The maximum atomic E-state index is 11.7. The predicted molar refractivity (Wildman–Crippen MR) is 70.9 cm³/mol. The highest BCUT2D eigenvalue weighted by Gasteiger charge is 2.25. The lowest BCUT2D eigenvalue weighted by molar-refractivity contribution is -0.158. The highest BCUT2D eigenvalue weighted by Crippen LogP contribution is 2.08. The van der Waals surface area contributed by atoms with Crippen LogP contribution in [0.15, 0.2) is 0 Å². The molecule has 0 rings (SSSR count). The normalized spacial score (nSPS) is 15.1. The Labute approximate surface area is 109 Å². The minimum Gasteiger partial charge on any atom is -0.458 e. The van der Waals surface area contributed by atoms with E-state index in [0.29, 0.717) is 12.3 Å². The monoisotopic (exact) mass is 258 g/mol. The van der Waals surface area contributed by atoms with Crippen LogP contribution < -0.4 is 11.1 Å². The maximum absolute atomic E-state index is 11.7. The molecule has 5 heteroatoms. The summed E-state index contributed by atoms with van der Waals surface area (Å²) in [6.45, 7) is 10.9. The van der Waals surface area contributed by atoms with Crippen molar-refractivity contribution in [1.82, 2.24) is 5.32 Å². The molecule has 0 aliphatic rings. The molecule has 106 valence electrons. The van der Waals surface area contributed by atoms with Crippen molar-refractivity contribution in [3.05, 3.63) is 0 Å². The van der Waals surface area contributed by atoms with Gasteiger partial charge < -0.3 is 15.8 Å². The first-order valence-corrected chi connectivity index (χ1v) is 6.31. The van der Waals surface area contributed by atoms with Crippen molar-refractivity contribution in [1.29, 1.82) is 0 Å². The molecule has 0 saturated carbocycles. The maximum Gasteiger partial charge on any atom is 0.328 e. The van der Waals surface area contributed by atoms with Gasteiger partial charge in [-0.15, -0.1) is 0 Å². The molecule has 3 N–H and O–H groups in total. The fourth-order valence-corrected chi connectivity index (χ4v) is 1.38. The second kappa shape index (κ2) is 6.73. The lowest BCUT2D eigenvalue weighted by atomic mass is 10.0. The molecule has 0 aromatic heterocycles. The Bertz CT molecular complexity index is 295. The van der Waals surface area contributed by atoms with Gasteiger partial charge in [0.25, 0.3) is 0 Å².